The zero-order chi connectivity index (χ0) is 74.5. The average molecular weight is 1520 g/mol. The number of nitrogens with two attached hydrogens (primary N) is 1. The molecule has 31 nitrogen and oxygen atoms in total. The Balaban J connectivity index is 0.000000191. The van der Waals surface area contributed by atoms with E-state index in [-0.39, 0.29) is 109 Å². The number of benzene rings is 2. The van der Waals surface area contributed by atoms with Crippen LogP contribution in [-0.4, -0.2) is 197 Å². The van der Waals surface area contributed by atoms with Crippen LogP contribution in [0, 0.1) is 11.6 Å². The number of carbonyl (C=O) groups excluding carboxylic acids is 7. The number of hydrogen-bond acceptors (Lipinski definition) is 20. The summed E-state index contributed by atoms with van der Waals surface area (Å²) in [5.74, 6) is -1.61. The molecule has 0 bridgehead atoms. The number of aromatic nitrogens is 6. The van der Waals surface area contributed by atoms with E-state index < -0.39 is 70.1 Å². The van der Waals surface area contributed by atoms with Crippen molar-refractivity contribution >= 4 is 128 Å². The van der Waals surface area contributed by atoms with Gasteiger partial charge in [0.1, 0.15) is 22.8 Å². The highest BCUT2D eigenvalue weighted by Crippen LogP contribution is 2.35. The van der Waals surface area contributed by atoms with Gasteiger partial charge in [0.15, 0.2) is 0 Å². The highest BCUT2D eigenvalue weighted by molar-refractivity contribution is 8.13. The Bertz CT molecular complexity index is 4310. The van der Waals surface area contributed by atoms with Crippen molar-refractivity contribution < 1.29 is 77.1 Å². The Morgan fingerprint density at radius 1 is 0.600 bits per heavy atom. The number of anilines is 3. The Kier molecular flexibility index (Phi) is 25.6. The van der Waals surface area contributed by atoms with E-state index in [2.05, 4.69) is 40.4 Å². The van der Waals surface area contributed by atoms with Gasteiger partial charge in [-0.25, -0.2) is 57.9 Å². The molecule has 4 N–H and O–H groups in total. The molecule has 5 aromatic rings. The first-order valence-electron chi connectivity index (χ1n) is 31.2. The Labute approximate surface area is 592 Å². The first-order chi connectivity index (χ1) is 46.2. The van der Waals surface area contributed by atoms with Gasteiger partial charge in [-0.1, -0.05) is 29.3 Å². The van der Waals surface area contributed by atoms with Gasteiger partial charge in [0.25, 0.3) is 0 Å². The lowest BCUT2D eigenvalue weighted by Gasteiger charge is -2.36. The minimum absolute atomic E-state index is 0.000685. The second-order valence-electron chi connectivity index (χ2n) is 26.7. The van der Waals surface area contributed by atoms with Crippen LogP contribution in [0.25, 0.3) is 0 Å². The standard InChI is InChI=1S/C20H23ClFN5O4S.C17H27N5O5S.C16H25N5O3.C7H3ClFNO.CH3ClO2S/c1-12-9-27-18(11-25(12)19(28)6-13-3-4-16(22)15(21)5-13)17(8-23-27)26-10-14(7-20(26)29)24-32(2,30)31;1-11-8-22-14(10-20(11)16(24)27-17(2,3)4)13(7-18-22)21-9-12(6-15(21)23)19-28(5,25)26;1-10-7-21-13(9-19(10)15(23)24-16(2,3)4)12(6-18-21)20-8-11(17)5-14(20)22;8-6-3-5(10-4-11)1-2-7(6)9;1-5(2,3)4/h3-5,8,12,14,24H,6-7,9-11H2,1-2H3;7,11-12,19H,6,8-10H2,1-5H3;6,10-11H,5,7-9,17H2,1-4H3;1-3H;1H3/t12-,14?;11-,12?;10-,11?;;/m000../s1. The van der Waals surface area contributed by atoms with Crippen LogP contribution in [-0.2, 0) is 108 Å². The van der Waals surface area contributed by atoms with Gasteiger partial charge in [-0.3, -0.25) is 43.0 Å². The third-order valence-electron chi connectivity index (χ3n) is 15.7. The Morgan fingerprint density at radius 3 is 1.31 bits per heavy atom. The van der Waals surface area contributed by atoms with Gasteiger partial charge in [0, 0.05) is 73.7 Å². The van der Waals surface area contributed by atoms with E-state index in [0.717, 1.165) is 41.9 Å². The van der Waals surface area contributed by atoms with Gasteiger partial charge in [0.2, 0.25) is 58.8 Å². The number of rotatable bonds is 10. The van der Waals surface area contributed by atoms with Crippen LogP contribution in [0.4, 0.5) is 41.1 Å². The van der Waals surface area contributed by atoms with Gasteiger partial charge in [-0.05, 0) is 98.2 Å². The summed E-state index contributed by atoms with van der Waals surface area (Å²) in [5.41, 5.74) is 9.85. The van der Waals surface area contributed by atoms with Crippen LogP contribution in [0.3, 0.4) is 0 Å². The quantitative estimate of drug-likeness (QED) is 0.0857. The molecule has 6 aliphatic rings. The number of fused-ring (bicyclic) bond motifs is 3. The molecule has 9 heterocycles. The lowest BCUT2D eigenvalue weighted by Crippen LogP contribution is -2.47. The topological polar surface area (TPSA) is 376 Å². The summed E-state index contributed by atoms with van der Waals surface area (Å²) in [4.78, 5) is 98.0. The van der Waals surface area contributed by atoms with Crippen LogP contribution in [0.2, 0.25) is 10.0 Å². The number of nitrogens with zero attached hydrogens (tertiary/aromatic N) is 13. The highest BCUT2D eigenvalue weighted by atomic mass is 35.7. The summed E-state index contributed by atoms with van der Waals surface area (Å²) in [6.45, 7) is 20.1. The Hall–Kier alpha value is -7.67. The zero-order valence-corrected chi connectivity index (χ0v) is 61.7. The van der Waals surface area contributed by atoms with Crippen LogP contribution < -0.4 is 29.9 Å². The fourth-order valence-corrected chi connectivity index (χ4v) is 13.4. The molecule has 6 atom stereocenters. The predicted molar refractivity (Wildman–Crippen MR) is 367 cm³/mol. The Morgan fingerprint density at radius 2 is 0.960 bits per heavy atom. The molecule has 0 spiro atoms. The molecular weight excluding hydrogens is 1440 g/mol. The summed E-state index contributed by atoms with van der Waals surface area (Å²) in [5, 5.41) is 13.0. The smallest absolute Gasteiger partial charge is 0.410 e. The molecule has 0 radical (unpaired) electrons. The summed E-state index contributed by atoms with van der Waals surface area (Å²) in [6.07, 6.45) is 9.04. The molecule has 3 fully saturated rings. The second kappa shape index (κ2) is 32.1. The first kappa shape index (κ1) is 79.7. The molecule has 0 aliphatic carbocycles. The van der Waals surface area contributed by atoms with Crippen molar-refractivity contribution in [2.45, 2.75) is 175 Å². The van der Waals surface area contributed by atoms with Crippen molar-refractivity contribution in [3.8, 4) is 0 Å². The van der Waals surface area contributed by atoms with E-state index in [1.165, 1.54) is 46.2 Å². The molecule has 11 rings (SSSR count). The van der Waals surface area contributed by atoms with Gasteiger partial charge in [-0.2, -0.15) is 20.3 Å². The molecule has 548 valence electrons. The minimum atomic E-state index is -3.44. The molecular formula is C61H81Cl3F2N16O15S3. The van der Waals surface area contributed by atoms with Crippen molar-refractivity contribution in [1.82, 2.24) is 53.5 Å². The van der Waals surface area contributed by atoms with Crippen molar-refractivity contribution in [2.75, 3.05) is 53.1 Å². The molecule has 39 heteroatoms. The lowest BCUT2D eigenvalue weighted by molar-refractivity contribution is -0.134. The maximum Gasteiger partial charge on any atom is 0.410 e. The van der Waals surface area contributed by atoms with E-state index in [9.17, 15) is 67.6 Å². The van der Waals surface area contributed by atoms with Crippen LogP contribution in [0.15, 0.2) is 60.0 Å². The van der Waals surface area contributed by atoms with E-state index in [0.29, 0.717) is 67.5 Å². The van der Waals surface area contributed by atoms with Gasteiger partial charge in [-0.15, -0.1) is 0 Å². The molecule has 6 aliphatic heterocycles. The van der Waals surface area contributed by atoms with Gasteiger partial charge in [0.05, 0.1) is 145 Å². The number of nitrogens with one attached hydrogen (secondary N) is 2. The minimum Gasteiger partial charge on any atom is -0.444 e. The molecule has 3 aromatic heterocycles. The largest absolute Gasteiger partial charge is 0.444 e. The molecule has 3 unspecified atom stereocenters. The fraction of sp³-hybridized carbons (Fsp3) is 0.541. The van der Waals surface area contributed by atoms with Crippen molar-refractivity contribution in [3.05, 3.63) is 99.3 Å². The average Bonchev–Trinajstić information content (AvgIpc) is 1.62. The summed E-state index contributed by atoms with van der Waals surface area (Å²) in [7, 11) is -5.54. The van der Waals surface area contributed by atoms with Crippen LogP contribution >= 0.6 is 33.9 Å². The fourth-order valence-electron chi connectivity index (χ4n) is 11.4. The van der Waals surface area contributed by atoms with Gasteiger partial charge >= 0.3 is 12.2 Å². The van der Waals surface area contributed by atoms with Crippen molar-refractivity contribution in [1.29, 1.82) is 0 Å². The summed E-state index contributed by atoms with van der Waals surface area (Å²) in [6, 6.07) is 6.51. The number of aliphatic imine (C=N–C) groups is 1. The number of amides is 6. The monoisotopic (exact) mass is 1520 g/mol. The number of hydrogen-bond donors (Lipinski definition) is 3. The second-order valence-corrected chi connectivity index (χ2v) is 34.1. The third kappa shape index (κ3) is 22.2. The van der Waals surface area contributed by atoms with E-state index >= 15 is 0 Å². The molecule has 2 aromatic carbocycles. The highest BCUT2D eigenvalue weighted by Gasteiger charge is 2.41. The number of carbonyl (C=O) groups is 6. The maximum absolute atomic E-state index is 13.4. The molecule has 3 saturated heterocycles. The van der Waals surface area contributed by atoms with E-state index in [1.807, 2.05) is 67.0 Å². The van der Waals surface area contributed by atoms with Crippen molar-refractivity contribution in [3.63, 3.8) is 0 Å². The zero-order valence-electron chi connectivity index (χ0n) is 57.0. The SMILES string of the molecule is CS(=O)(=O)Cl.C[C@H]1Cn2ncc(N3CC(N)CC3=O)c2CN1C(=O)OC(C)(C)C.C[C@H]1Cn2ncc(N3CC(NS(C)(=O)=O)CC3=O)c2CN1C(=O)Cc1ccc(F)c(Cl)c1.C[C@H]1Cn2ncc(N3CC(NS(C)(=O)=O)CC3=O)c2CN1C(=O)OC(C)(C)C.O=C=Nc1ccc(F)c(Cl)c1. The first-order valence-corrected chi connectivity index (χ1v) is 38.4. The number of isocyanates is 1. The number of halogens is 5. The summed E-state index contributed by atoms with van der Waals surface area (Å²) >= 11 is 11.2. The van der Waals surface area contributed by atoms with Gasteiger partial charge < -0.3 is 34.8 Å². The molecule has 6 amide bonds. The summed E-state index contributed by atoms with van der Waals surface area (Å²) < 4.78 is 112. The van der Waals surface area contributed by atoms with E-state index in [4.69, 9.17) is 38.4 Å². The van der Waals surface area contributed by atoms with Crippen molar-refractivity contribution in [2.24, 2.45) is 10.7 Å². The lowest BCUT2D eigenvalue weighted by atomic mass is 10.1. The number of sulfonamides is 2. The normalized spacial score (nSPS) is 20.6. The maximum atomic E-state index is 13.4. The van der Waals surface area contributed by atoms with Crippen LogP contribution in [0.1, 0.15) is 104 Å². The van der Waals surface area contributed by atoms with E-state index in [1.54, 1.807) is 47.6 Å². The molecule has 100 heavy (non-hydrogen) atoms. The molecule has 0 saturated carbocycles. The third-order valence-corrected chi connectivity index (χ3v) is 17.8. The van der Waals surface area contributed by atoms with Crippen LogP contribution in [0.5, 0.6) is 0 Å². The number of ether oxygens (including phenoxy) is 2. The predicted octanol–water partition coefficient (Wildman–Crippen LogP) is 5.70.